The summed E-state index contributed by atoms with van der Waals surface area (Å²) in [6.07, 6.45) is 0. The van der Waals surface area contributed by atoms with Crippen LogP contribution in [-0.2, 0) is 21.2 Å². The van der Waals surface area contributed by atoms with E-state index in [2.05, 4.69) is 0 Å². The van der Waals surface area contributed by atoms with Crippen LogP contribution < -0.4 is 0 Å². The molecule has 0 aromatic heterocycles. The van der Waals surface area contributed by atoms with Crippen molar-refractivity contribution in [1.29, 1.82) is 0 Å². The first-order valence-corrected chi connectivity index (χ1v) is 2.88. The van der Waals surface area contributed by atoms with Gasteiger partial charge in [0, 0.05) is 0 Å². The Kier molecular flexibility index (Phi) is 15.2. The molecule has 0 aliphatic heterocycles. The van der Waals surface area contributed by atoms with Crippen LogP contribution >= 0.6 is 0 Å². The van der Waals surface area contributed by atoms with Crippen LogP contribution in [0.15, 0.2) is 0 Å². The third kappa shape index (κ3) is 58.5. The molecule has 0 heterocycles. The van der Waals surface area contributed by atoms with Gasteiger partial charge in [-0.15, -0.1) is 0 Å². The molecule has 0 saturated heterocycles. The summed E-state index contributed by atoms with van der Waals surface area (Å²) in [7, 11) is 0. The van der Waals surface area contributed by atoms with E-state index in [4.69, 9.17) is 15.9 Å². The van der Waals surface area contributed by atoms with Gasteiger partial charge in [-0.3, -0.25) is 0 Å². The van der Waals surface area contributed by atoms with Crippen molar-refractivity contribution in [3.63, 3.8) is 0 Å². The molecule has 7 heavy (non-hydrogen) atoms. The molecule has 0 aliphatic rings. The van der Waals surface area contributed by atoms with Gasteiger partial charge in [0.1, 0.15) is 0 Å². The van der Waals surface area contributed by atoms with Crippen molar-refractivity contribution in [2.45, 2.75) is 0 Å². The van der Waals surface area contributed by atoms with Crippen molar-refractivity contribution in [2.24, 2.45) is 0 Å². The first-order valence-electron chi connectivity index (χ1n) is 0.698. The molecule has 0 saturated carbocycles. The first kappa shape index (κ1) is 16.2. The van der Waals surface area contributed by atoms with Crippen LogP contribution in [0.1, 0.15) is 0 Å². The molecule has 0 aromatic rings. The van der Waals surface area contributed by atoms with Crippen LogP contribution in [0.3, 0.4) is 0 Å². The van der Waals surface area contributed by atoms with Gasteiger partial charge in [-0.1, -0.05) is 0 Å². The summed E-state index contributed by atoms with van der Waals surface area (Å²) in [6.45, 7) is 0. The molecule has 0 radical (unpaired) electrons. The monoisotopic (exact) mass is 184 g/mol. The fraction of sp³-hybridized carbons (Fsp3) is 0. The van der Waals surface area contributed by atoms with E-state index in [1.54, 1.807) is 0 Å². The fourth-order valence-electron chi connectivity index (χ4n) is 0. The van der Waals surface area contributed by atoms with Crippen LogP contribution in [0.5, 0.6) is 0 Å². The van der Waals surface area contributed by atoms with E-state index in [9.17, 15) is 0 Å². The Balaban J connectivity index is -0.0000000800. The summed E-state index contributed by atoms with van der Waals surface area (Å²) in [5.74, 6) is 0. The summed E-state index contributed by atoms with van der Waals surface area (Å²) in [5, 5.41) is 0. The van der Waals surface area contributed by atoms with Gasteiger partial charge in [-0.25, -0.2) is 0 Å². The molecular formula is H5CrKMgO4. The molecule has 38 valence electrons. The van der Waals surface area contributed by atoms with Crippen molar-refractivity contribution in [2.75, 3.05) is 0 Å². The number of hydrogen-bond donors (Lipinski definition) is 2. The van der Waals surface area contributed by atoms with Crippen LogP contribution in [-0.4, -0.2) is 82.8 Å². The van der Waals surface area contributed by atoms with E-state index < -0.39 is 13.6 Å². The molecule has 0 aliphatic carbocycles. The molecule has 0 fully saturated rings. The summed E-state index contributed by atoms with van der Waals surface area (Å²) >= 11 is -5.25. The van der Waals surface area contributed by atoms with Gasteiger partial charge in [0.15, 0.2) is 0 Å². The van der Waals surface area contributed by atoms with Crippen LogP contribution in [0.25, 0.3) is 0 Å². The van der Waals surface area contributed by atoms with Crippen LogP contribution in [0.4, 0.5) is 0 Å². The normalized spacial score (nSPS) is 8.29. The third-order valence-corrected chi connectivity index (χ3v) is 0. The Hall–Kier alpha value is 2.46. The molecule has 2 N–H and O–H groups in total. The second-order valence-electron chi connectivity index (χ2n) is 0.448. The summed E-state index contributed by atoms with van der Waals surface area (Å²) in [6, 6.07) is 0. The minimum absolute atomic E-state index is 0. The third-order valence-electron chi connectivity index (χ3n) is 0. The van der Waals surface area contributed by atoms with Gasteiger partial charge in [-0.05, 0) is 0 Å². The zero-order chi connectivity index (χ0) is 4.50. The van der Waals surface area contributed by atoms with Gasteiger partial charge in [0.05, 0.1) is 0 Å². The average molecular weight is 184 g/mol. The summed E-state index contributed by atoms with van der Waals surface area (Å²) in [5.41, 5.74) is 0. The first-order chi connectivity index (χ1) is 2.00. The van der Waals surface area contributed by atoms with E-state index in [0.717, 1.165) is 0 Å². The zero-order valence-electron chi connectivity index (χ0n) is 2.12. The van der Waals surface area contributed by atoms with E-state index in [1.165, 1.54) is 0 Å². The SMILES string of the molecule is [KH].[MgH2].[O]=[Cr](=[O])([OH])[OH]. The molecular weight excluding hydrogens is 179 g/mol. The Labute approximate surface area is 102 Å². The van der Waals surface area contributed by atoms with Gasteiger partial charge in [0.2, 0.25) is 0 Å². The number of hydrogen-bond acceptors (Lipinski definition) is 2. The van der Waals surface area contributed by atoms with Crippen molar-refractivity contribution in [3.05, 3.63) is 0 Å². The maximum atomic E-state index is 8.82. The quantitative estimate of drug-likeness (QED) is 0.396. The number of rotatable bonds is 0. The van der Waals surface area contributed by atoms with E-state index in [-0.39, 0.29) is 74.4 Å². The van der Waals surface area contributed by atoms with Gasteiger partial charge >= 0.3 is 104 Å². The summed E-state index contributed by atoms with van der Waals surface area (Å²) in [4.78, 5) is 0. The Morgan fingerprint density at radius 1 is 1.14 bits per heavy atom. The topological polar surface area (TPSA) is 74.6 Å². The fourth-order valence-corrected chi connectivity index (χ4v) is 0. The summed E-state index contributed by atoms with van der Waals surface area (Å²) < 4.78 is 31.9. The van der Waals surface area contributed by atoms with Gasteiger partial charge in [0.25, 0.3) is 0 Å². The second-order valence-corrected chi connectivity index (χ2v) is 1.85. The van der Waals surface area contributed by atoms with E-state index in [1.807, 2.05) is 0 Å². The minimum atomic E-state index is -5.25. The Bertz CT molecular complexity index is 94.9. The van der Waals surface area contributed by atoms with Crippen LogP contribution in [0, 0.1) is 0 Å². The molecule has 0 atom stereocenters. The molecule has 0 spiro atoms. The predicted octanol–water partition coefficient (Wildman–Crippen LogP) is -2.92. The molecule has 7 heteroatoms. The Morgan fingerprint density at radius 3 is 1.14 bits per heavy atom. The molecule has 0 rings (SSSR count). The molecule has 0 amide bonds. The average Bonchev–Trinajstić information content (AvgIpc) is 0.722. The van der Waals surface area contributed by atoms with Crippen molar-refractivity contribution in [1.82, 2.24) is 0 Å². The maximum absolute atomic E-state index is 8.82. The van der Waals surface area contributed by atoms with Gasteiger partial charge < -0.3 is 0 Å². The van der Waals surface area contributed by atoms with Gasteiger partial charge in [-0.2, -0.15) is 0 Å². The van der Waals surface area contributed by atoms with Crippen molar-refractivity contribution in [3.8, 4) is 0 Å². The van der Waals surface area contributed by atoms with Crippen LogP contribution in [0.2, 0.25) is 0 Å². The predicted molar refractivity (Wildman–Crippen MR) is 21.5 cm³/mol. The van der Waals surface area contributed by atoms with Crippen molar-refractivity contribution >= 4 is 74.4 Å². The van der Waals surface area contributed by atoms with E-state index in [0.29, 0.717) is 0 Å². The second kappa shape index (κ2) is 6.57. The Morgan fingerprint density at radius 2 is 1.14 bits per heavy atom. The molecule has 0 unspecified atom stereocenters. The molecule has 0 bridgehead atoms. The molecule has 4 nitrogen and oxygen atoms in total. The molecule has 0 aromatic carbocycles. The zero-order valence-corrected chi connectivity index (χ0v) is 3.39. The van der Waals surface area contributed by atoms with E-state index >= 15 is 0 Å². The van der Waals surface area contributed by atoms with Crippen molar-refractivity contribution < 1.29 is 29.5 Å². The standard InChI is InChI=1S/Cr.K.Mg.2H2O.2O.3H/h;;;2*1H2;;;;;/q+2;;;;;;;;;/p-2.